The fraction of sp³-hybridized carbons (Fsp3) is 0.882. The van der Waals surface area contributed by atoms with E-state index in [0.29, 0.717) is 6.42 Å². The van der Waals surface area contributed by atoms with Crippen LogP contribution in [0.5, 0.6) is 0 Å². The summed E-state index contributed by atoms with van der Waals surface area (Å²) >= 11 is 0. The molecule has 1 unspecified atom stereocenters. The average molecular weight is 299 g/mol. The summed E-state index contributed by atoms with van der Waals surface area (Å²) in [7, 11) is 0. The number of Topliss-reactive ketones (excluding diaryl/α,β-unsaturated/α-hetero) is 1. The Morgan fingerprint density at radius 2 is 1.29 bits per heavy atom. The molecule has 0 aliphatic rings. The van der Waals surface area contributed by atoms with Gasteiger partial charge in [-0.1, -0.05) is 71.1 Å². The zero-order chi connectivity index (χ0) is 15.9. The molecule has 0 spiro atoms. The molecular formula is C17H33NO3. The van der Waals surface area contributed by atoms with Gasteiger partial charge in [0.25, 0.3) is 0 Å². The fourth-order valence-corrected chi connectivity index (χ4v) is 2.42. The Bertz CT molecular complexity index is 279. The number of unbranched alkanes of at least 4 members (excludes halogenated alkanes) is 10. The Morgan fingerprint density at radius 3 is 1.71 bits per heavy atom. The molecule has 124 valence electrons. The van der Waals surface area contributed by atoms with Crippen LogP contribution in [0.2, 0.25) is 0 Å². The van der Waals surface area contributed by atoms with E-state index < -0.39 is 12.0 Å². The normalized spacial score (nSPS) is 12.3. The SMILES string of the molecule is CCCCCCCCCCCCCC(=O)CC(N)C(=O)O. The molecule has 21 heavy (non-hydrogen) atoms. The highest BCUT2D eigenvalue weighted by Crippen LogP contribution is 2.12. The highest BCUT2D eigenvalue weighted by Gasteiger charge is 2.15. The van der Waals surface area contributed by atoms with Crippen molar-refractivity contribution < 1.29 is 14.7 Å². The summed E-state index contributed by atoms with van der Waals surface area (Å²) in [6, 6.07) is -1.04. The van der Waals surface area contributed by atoms with Crippen molar-refractivity contribution in [1.29, 1.82) is 0 Å². The lowest BCUT2D eigenvalue weighted by molar-refractivity contribution is -0.140. The van der Waals surface area contributed by atoms with Gasteiger partial charge in [-0.3, -0.25) is 9.59 Å². The zero-order valence-corrected chi connectivity index (χ0v) is 13.6. The van der Waals surface area contributed by atoms with Gasteiger partial charge in [0, 0.05) is 12.8 Å². The number of carboxylic acids is 1. The van der Waals surface area contributed by atoms with Crippen molar-refractivity contribution in [2.45, 2.75) is 96.4 Å². The van der Waals surface area contributed by atoms with Crippen LogP contribution in [0.3, 0.4) is 0 Å². The van der Waals surface area contributed by atoms with Crippen LogP contribution in [0.25, 0.3) is 0 Å². The van der Waals surface area contributed by atoms with Crippen LogP contribution in [0.4, 0.5) is 0 Å². The Kier molecular flexibility index (Phi) is 13.5. The molecule has 0 aromatic heterocycles. The third-order valence-electron chi connectivity index (χ3n) is 3.82. The quantitative estimate of drug-likeness (QED) is 0.447. The predicted molar refractivity (Wildman–Crippen MR) is 86.3 cm³/mol. The first-order chi connectivity index (χ1) is 10.1. The van der Waals surface area contributed by atoms with E-state index in [1.807, 2.05) is 0 Å². The number of hydrogen-bond acceptors (Lipinski definition) is 3. The molecule has 0 fully saturated rings. The molecule has 0 saturated carbocycles. The number of carbonyl (C=O) groups excluding carboxylic acids is 1. The average Bonchev–Trinajstić information content (AvgIpc) is 2.44. The van der Waals surface area contributed by atoms with Crippen LogP contribution < -0.4 is 5.73 Å². The molecule has 3 N–H and O–H groups in total. The van der Waals surface area contributed by atoms with Crippen LogP contribution in [0.15, 0.2) is 0 Å². The first kappa shape index (κ1) is 20.1. The molecule has 0 amide bonds. The van der Waals surface area contributed by atoms with Crippen molar-refractivity contribution in [3.63, 3.8) is 0 Å². The molecular weight excluding hydrogens is 266 g/mol. The van der Waals surface area contributed by atoms with E-state index in [4.69, 9.17) is 10.8 Å². The molecule has 0 rings (SSSR count). The molecule has 0 heterocycles. The maximum absolute atomic E-state index is 11.5. The van der Waals surface area contributed by atoms with Gasteiger partial charge in [-0.05, 0) is 6.42 Å². The van der Waals surface area contributed by atoms with Crippen molar-refractivity contribution in [3.8, 4) is 0 Å². The van der Waals surface area contributed by atoms with Crippen LogP contribution in [-0.4, -0.2) is 22.9 Å². The Balaban J connectivity index is 3.25. The van der Waals surface area contributed by atoms with Crippen LogP contribution in [-0.2, 0) is 9.59 Å². The second-order valence-corrected chi connectivity index (χ2v) is 5.97. The number of ketones is 1. The maximum atomic E-state index is 11.5. The number of aliphatic carboxylic acids is 1. The Morgan fingerprint density at radius 1 is 0.857 bits per heavy atom. The van der Waals surface area contributed by atoms with Gasteiger partial charge in [-0.2, -0.15) is 0 Å². The van der Waals surface area contributed by atoms with E-state index in [1.54, 1.807) is 0 Å². The topological polar surface area (TPSA) is 80.4 Å². The van der Waals surface area contributed by atoms with Crippen molar-refractivity contribution in [2.75, 3.05) is 0 Å². The summed E-state index contributed by atoms with van der Waals surface area (Å²) in [6.07, 6.45) is 14.2. The minimum atomic E-state index is -1.10. The summed E-state index contributed by atoms with van der Waals surface area (Å²) < 4.78 is 0. The van der Waals surface area contributed by atoms with Crippen molar-refractivity contribution in [1.82, 2.24) is 0 Å². The van der Waals surface area contributed by atoms with Crippen molar-refractivity contribution >= 4 is 11.8 Å². The van der Waals surface area contributed by atoms with E-state index in [0.717, 1.165) is 12.8 Å². The predicted octanol–water partition coefficient (Wildman–Crippen LogP) is 4.06. The highest BCUT2D eigenvalue weighted by molar-refractivity contribution is 5.85. The van der Waals surface area contributed by atoms with E-state index in [1.165, 1.54) is 57.8 Å². The van der Waals surface area contributed by atoms with Gasteiger partial charge < -0.3 is 10.8 Å². The number of nitrogens with two attached hydrogens (primary N) is 1. The first-order valence-corrected chi connectivity index (χ1v) is 8.58. The third-order valence-corrected chi connectivity index (χ3v) is 3.82. The third kappa shape index (κ3) is 13.8. The lowest BCUT2D eigenvalue weighted by Gasteiger charge is -2.05. The minimum absolute atomic E-state index is 0.0270. The highest BCUT2D eigenvalue weighted by atomic mass is 16.4. The fourth-order valence-electron chi connectivity index (χ4n) is 2.42. The molecule has 0 aromatic carbocycles. The monoisotopic (exact) mass is 299 g/mol. The van der Waals surface area contributed by atoms with Gasteiger partial charge in [0.05, 0.1) is 0 Å². The van der Waals surface area contributed by atoms with Crippen molar-refractivity contribution in [2.24, 2.45) is 5.73 Å². The lowest BCUT2D eigenvalue weighted by atomic mass is 10.0. The second kappa shape index (κ2) is 14.1. The van der Waals surface area contributed by atoms with Gasteiger partial charge >= 0.3 is 5.97 Å². The standard InChI is InChI=1S/C17H33NO3/c1-2-3-4-5-6-7-8-9-10-11-12-13-15(19)14-16(18)17(20)21/h16H,2-14,18H2,1H3,(H,20,21). The Labute approximate surface area is 129 Å². The number of rotatable bonds is 15. The molecule has 0 aliphatic carbocycles. The largest absolute Gasteiger partial charge is 0.480 e. The summed E-state index contributed by atoms with van der Waals surface area (Å²) in [5, 5.41) is 8.61. The molecule has 0 radical (unpaired) electrons. The minimum Gasteiger partial charge on any atom is -0.480 e. The molecule has 1 atom stereocenters. The van der Waals surface area contributed by atoms with Crippen LogP contribution in [0, 0.1) is 0 Å². The summed E-state index contributed by atoms with van der Waals surface area (Å²) in [5.41, 5.74) is 5.33. The van der Waals surface area contributed by atoms with Crippen LogP contribution in [0.1, 0.15) is 90.4 Å². The van der Waals surface area contributed by atoms with Gasteiger partial charge in [-0.25, -0.2) is 0 Å². The van der Waals surface area contributed by atoms with Crippen molar-refractivity contribution in [3.05, 3.63) is 0 Å². The number of hydrogen-bond donors (Lipinski definition) is 2. The molecule has 0 aromatic rings. The molecule has 4 heteroatoms. The second-order valence-electron chi connectivity index (χ2n) is 5.97. The summed E-state index contributed by atoms with van der Waals surface area (Å²) in [4.78, 5) is 22.0. The summed E-state index contributed by atoms with van der Waals surface area (Å²) in [5.74, 6) is -1.12. The Hall–Kier alpha value is -0.900. The van der Waals surface area contributed by atoms with Gasteiger partial charge in [0.15, 0.2) is 0 Å². The smallest absolute Gasteiger partial charge is 0.320 e. The number of carboxylic acid groups (broad SMARTS) is 1. The zero-order valence-electron chi connectivity index (χ0n) is 13.6. The number of carbonyl (C=O) groups is 2. The lowest BCUT2D eigenvalue weighted by Crippen LogP contribution is -2.32. The van der Waals surface area contributed by atoms with Crippen LogP contribution >= 0.6 is 0 Å². The molecule has 4 nitrogen and oxygen atoms in total. The van der Waals surface area contributed by atoms with E-state index in [-0.39, 0.29) is 12.2 Å². The van der Waals surface area contributed by atoms with Gasteiger partial charge in [0.1, 0.15) is 11.8 Å². The van der Waals surface area contributed by atoms with Gasteiger partial charge in [0.2, 0.25) is 0 Å². The molecule has 0 aliphatic heterocycles. The van der Waals surface area contributed by atoms with Gasteiger partial charge in [-0.15, -0.1) is 0 Å². The molecule has 0 saturated heterocycles. The van der Waals surface area contributed by atoms with E-state index in [9.17, 15) is 9.59 Å². The molecule has 0 bridgehead atoms. The van der Waals surface area contributed by atoms with E-state index >= 15 is 0 Å². The first-order valence-electron chi connectivity index (χ1n) is 8.58. The maximum Gasteiger partial charge on any atom is 0.320 e. The summed E-state index contributed by atoms with van der Waals surface area (Å²) in [6.45, 7) is 2.24. The van der Waals surface area contributed by atoms with E-state index in [2.05, 4.69) is 6.92 Å².